The van der Waals surface area contributed by atoms with E-state index in [2.05, 4.69) is 121 Å². The van der Waals surface area contributed by atoms with E-state index in [4.69, 9.17) is 9.40 Å². The SMILES string of the molecule is c1ccc2c(c1)-c1ccccc1C21c2cccc(-c3ccc4ccccc4n3)c2-c2oc3ccccc3c21. The summed E-state index contributed by atoms with van der Waals surface area (Å²) in [5.41, 5.74) is 12.4. The summed E-state index contributed by atoms with van der Waals surface area (Å²) in [6.07, 6.45) is 0. The molecule has 0 N–H and O–H groups in total. The zero-order valence-electron chi connectivity index (χ0n) is 20.5. The number of nitrogens with zero attached hydrogens (tertiary/aromatic N) is 1. The Bertz CT molecular complexity index is 2050. The Morgan fingerprint density at radius 1 is 0.526 bits per heavy atom. The fourth-order valence-electron chi connectivity index (χ4n) is 7.06. The third kappa shape index (κ3) is 2.32. The summed E-state index contributed by atoms with van der Waals surface area (Å²) >= 11 is 0. The lowest BCUT2D eigenvalue weighted by Crippen LogP contribution is -2.25. The number of fused-ring (bicyclic) bond motifs is 13. The summed E-state index contributed by atoms with van der Waals surface area (Å²) in [6, 6.07) is 45.5. The van der Waals surface area contributed by atoms with E-state index in [1.54, 1.807) is 0 Å². The molecule has 2 heterocycles. The predicted molar refractivity (Wildman–Crippen MR) is 153 cm³/mol. The highest BCUT2D eigenvalue weighted by molar-refractivity contribution is 6.05. The van der Waals surface area contributed by atoms with Crippen molar-refractivity contribution < 1.29 is 4.42 Å². The third-order valence-electron chi connectivity index (χ3n) is 8.49. The molecule has 7 aromatic rings. The molecule has 1 spiro atoms. The molecule has 0 fully saturated rings. The molecule has 2 aromatic heterocycles. The fraction of sp³-hybridized carbons (Fsp3) is 0.0278. The Morgan fingerprint density at radius 3 is 2.03 bits per heavy atom. The second-order valence-corrected chi connectivity index (χ2v) is 10.3. The molecule has 0 unspecified atom stereocenters. The lowest BCUT2D eigenvalue weighted by atomic mass is 9.70. The summed E-state index contributed by atoms with van der Waals surface area (Å²) in [6.45, 7) is 0. The van der Waals surface area contributed by atoms with Crippen LogP contribution >= 0.6 is 0 Å². The molecule has 0 saturated carbocycles. The molecule has 9 rings (SSSR count). The number of para-hydroxylation sites is 2. The highest BCUT2D eigenvalue weighted by atomic mass is 16.3. The molecular weight excluding hydrogens is 462 g/mol. The van der Waals surface area contributed by atoms with E-state index in [1.807, 2.05) is 6.07 Å². The molecule has 0 atom stereocenters. The maximum atomic E-state index is 6.78. The molecule has 0 bridgehead atoms. The molecule has 0 aliphatic heterocycles. The minimum Gasteiger partial charge on any atom is -0.456 e. The molecule has 5 aromatic carbocycles. The van der Waals surface area contributed by atoms with Gasteiger partial charge in [-0.3, -0.25) is 0 Å². The lowest BCUT2D eigenvalue weighted by molar-refractivity contribution is 0.629. The van der Waals surface area contributed by atoms with Gasteiger partial charge in [0.2, 0.25) is 0 Å². The molecule has 2 heteroatoms. The topological polar surface area (TPSA) is 26.0 Å². The first-order chi connectivity index (χ1) is 18.9. The van der Waals surface area contributed by atoms with Crippen LogP contribution in [0.3, 0.4) is 0 Å². The van der Waals surface area contributed by atoms with Crippen LogP contribution in [0.15, 0.2) is 132 Å². The van der Waals surface area contributed by atoms with E-state index in [0.717, 1.165) is 39.1 Å². The van der Waals surface area contributed by atoms with Gasteiger partial charge in [0, 0.05) is 27.5 Å². The monoisotopic (exact) mass is 483 g/mol. The predicted octanol–water partition coefficient (Wildman–Crippen LogP) is 8.99. The van der Waals surface area contributed by atoms with Gasteiger partial charge < -0.3 is 4.42 Å². The van der Waals surface area contributed by atoms with Crippen molar-refractivity contribution >= 4 is 21.9 Å². The van der Waals surface area contributed by atoms with E-state index < -0.39 is 5.41 Å². The zero-order valence-corrected chi connectivity index (χ0v) is 20.5. The fourth-order valence-corrected chi connectivity index (χ4v) is 7.06. The van der Waals surface area contributed by atoms with Crippen LogP contribution in [-0.2, 0) is 5.41 Å². The standard InChI is InChI=1S/C36H21NO/c1-7-18-30-22(10-1)20-21-31(37-30)25-14-9-17-29-33(25)35-34(26-13-4-8-19-32(26)38-35)36(29)27-15-5-2-11-23(27)24-12-3-6-16-28(24)36/h1-21H. The number of aromatic nitrogens is 1. The van der Waals surface area contributed by atoms with Gasteiger partial charge in [-0.1, -0.05) is 109 Å². The van der Waals surface area contributed by atoms with Gasteiger partial charge in [-0.25, -0.2) is 4.98 Å². The zero-order chi connectivity index (χ0) is 24.8. The number of rotatable bonds is 1. The van der Waals surface area contributed by atoms with Crippen molar-refractivity contribution in [2.24, 2.45) is 0 Å². The van der Waals surface area contributed by atoms with E-state index in [-0.39, 0.29) is 0 Å². The quantitative estimate of drug-likeness (QED) is 0.233. The molecule has 0 saturated heterocycles. The van der Waals surface area contributed by atoms with E-state index >= 15 is 0 Å². The minimum absolute atomic E-state index is 0.447. The van der Waals surface area contributed by atoms with Gasteiger partial charge >= 0.3 is 0 Å². The maximum Gasteiger partial charge on any atom is 0.141 e. The van der Waals surface area contributed by atoms with Crippen LogP contribution in [0, 0.1) is 0 Å². The maximum absolute atomic E-state index is 6.78. The Hall–Kier alpha value is -4.95. The Kier molecular flexibility index (Phi) is 3.76. The van der Waals surface area contributed by atoms with Crippen LogP contribution in [-0.4, -0.2) is 4.98 Å². The van der Waals surface area contributed by atoms with Crippen molar-refractivity contribution in [3.05, 3.63) is 150 Å². The van der Waals surface area contributed by atoms with Crippen molar-refractivity contribution in [2.45, 2.75) is 5.41 Å². The molecule has 0 radical (unpaired) electrons. The molecule has 2 nitrogen and oxygen atoms in total. The molecular formula is C36H21NO. The van der Waals surface area contributed by atoms with Gasteiger partial charge in [0.1, 0.15) is 11.3 Å². The van der Waals surface area contributed by atoms with Gasteiger partial charge in [-0.2, -0.15) is 0 Å². The Balaban J connectivity index is 1.47. The number of hydrogen-bond acceptors (Lipinski definition) is 2. The highest BCUT2D eigenvalue weighted by Crippen LogP contribution is 2.65. The smallest absolute Gasteiger partial charge is 0.141 e. The van der Waals surface area contributed by atoms with Crippen molar-refractivity contribution in [3.63, 3.8) is 0 Å². The molecule has 176 valence electrons. The van der Waals surface area contributed by atoms with Gasteiger partial charge in [0.05, 0.1) is 16.6 Å². The van der Waals surface area contributed by atoms with Crippen LogP contribution in [0.4, 0.5) is 0 Å². The van der Waals surface area contributed by atoms with Crippen LogP contribution < -0.4 is 0 Å². The average molecular weight is 484 g/mol. The van der Waals surface area contributed by atoms with E-state index in [1.165, 1.54) is 38.8 Å². The summed E-state index contributed by atoms with van der Waals surface area (Å²) in [5.74, 6) is 0.957. The van der Waals surface area contributed by atoms with Gasteiger partial charge in [-0.15, -0.1) is 0 Å². The van der Waals surface area contributed by atoms with Crippen LogP contribution in [0.25, 0.3) is 55.6 Å². The summed E-state index contributed by atoms with van der Waals surface area (Å²) in [7, 11) is 0. The first kappa shape index (κ1) is 20.1. The third-order valence-corrected chi connectivity index (χ3v) is 8.49. The first-order valence-corrected chi connectivity index (χ1v) is 13.1. The van der Waals surface area contributed by atoms with Crippen LogP contribution in [0.2, 0.25) is 0 Å². The summed E-state index contributed by atoms with van der Waals surface area (Å²) in [5, 5.41) is 2.31. The Morgan fingerprint density at radius 2 is 1.18 bits per heavy atom. The van der Waals surface area contributed by atoms with E-state index in [0.29, 0.717) is 0 Å². The highest BCUT2D eigenvalue weighted by Gasteiger charge is 2.54. The second-order valence-electron chi connectivity index (χ2n) is 10.3. The molecule has 2 aliphatic rings. The number of hydrogen-bond donors (Lipinski definition) is 0. The average Bonchev–Trinajstić information content (AvgIpc) is 3.60. The normalized spacial score (nSPS) is 14.0. The number of pyridine rings is 1. The van der Waals surface area contributed by atoms with Crippen molar-refractivity contribution in [1.82, 2.24) is 4.98 Å². The summed E-state index contributed by atoms with van der Waals surface area (Å²) in [4.78, 5) is 5.11. The molecule has 38 heavy (non-hydrogen) atoms. The largest absolute Gasteiger partial charge is 0.456 e. The second kappa shape index (κ2) is 7.08. The molecule has 2 aliphatic carbocycles. The Labute approximate surface area is 219 Å². The van der Waals surface area contributed by atoms with Crippen LogP contribution in [0.1, 0.15) is 22.3 Å². The number of benzene rings is 5. The van der Waals surface area contributed by atoms with E-state index in [9.17, 15) is 0 Å². The van der Waals surface area contributed by atoms with Gasteiger partial charge in [0.15, 0.2) is 0 Å². The van der Waals surface area contributed by atoms with Crippen LogP contribution in [0.5, 0.6) is 0 Å². The summed E-state index contributed by atoms with van der Waals surface area (Å²) < 4.78 is 6.78. The van der Waals surface area contributed by atoms with Gasteiger partial charge in [-0.05, 0) is 46.0 Å². The number of furan rings is 1. The van der Waals surface area contributed by atoms with Crippen molar-refractivity contribution in [2.75, 3.05) is 0 Å². The van der Waals surface area contributed by atoms with Crippen molar-refractivity contribution in [3.8, 4) is 33.7 Å². The first-order valence-electron chi connectivity index (χ1n) is 13.1. The molecule has 0 amide bonds. The van der Waals surface area contributed by atoms with Gasteiger partial charge in [0.25, 0.3) is 0 Å². The lowest BCUT2D eigenvalue weighted by Gasteiger charge is -2.30. The van der Waals surface area contributed by atoms with Crippen molar-refractivity contribution in [1.29, 1.82) is 0 Å². The minimum atomic E-state index is -0.447.